The van der Waals surface area contributed by atoms with Gasteiger partial charge in [-0.1, -0.05) is 32.3 Å². The number of carbonyl (C=O) groups excluding carboxylic acids is 2. The Kier molecular flexibility index (Phi) is 8.78. The standard InChI is InChI=1S/C36H46N4O6S/c1-22-16-31(41)36(2,3)40(20-22)35(43)26-17-25-18-27(46-6)13-15-28(25)33-32(23-10-8-7-9-11-23)29-14-12-24(19-30(29)39(33)21-26)34(42)37-47(44,45)38(4)5/h12-15,17-19,22-23,31,41H,7-11,16,20-21H2,1-6H3,(H,37,42). The maximum absolute atomic E-state index is 14.6. The zero-order valence-corrected chi connectivity index (χ0v) is 29.0. The smallest absolute Gasteiger partial charge is 0.303 e. The van der Waals surface area contributed by atoms with E-state index in [1.807, 2.05) is 44.2 Å². The molecule has 0 bridgehead atoms. The van der Waals surface area contributed by atoms with Crippen LogP contribution in [-0.2, 0) is 21.5 Å². The van der Waals surface area contributed by atoms with Crippen LogP contribution >= 0.6 is 0 Å². The van der Waals surface area contributed by atoms with E-state index in [-0.39, 0.29) is 23.9 Å². The van der Waals surface area contributed by atoms with Gasteiger partial charge in [-0.05, 0) is 92.5 Å². The summed E-state index contributed by atoms with van der Waals surface area (Å²) < 4.78 is 35.9. The highest BCUT2D eigenvalue weighted by Crippen LogP contribution is 2.47. The minimum Gasteiger partial charge on any atom is -0.497 e. The van der Waals surface area contributed by atoms with Crippen molar-refractivity contribution in [1.29, 1.82) is 0 Å². The summed E-state index contributed by atoms with van der Waals surface area (Å²) >= 11 is 0. The van der Waals surface area contributed by atoms with Crippen molar-refractivity contribution in [3.63, 3.8) is 0 Å². The van der Waals surface area contributed by atoms with Gasteiger partial charge in [0.2, 0.25) is 0 Å². The normalized spacial score (nSPS) is 21.5. The summed E-state index contributed by atoms with van der Waals surface area (Å²) in [5, 5.41) is 12.0. The lowest BCUT2D eigenvalue weighted by Gasteiger charge is -2.48. The van der Waals surface area contributed by atoms with Crippen molar-refractivity contribution < 1.29 is 27.9 Å². The minimum absolute atomic E-state index is 0.140. The number of hydrogen-bond donors (Lipinski definition) is 2. The first-order chi connectivity index (χ1) is 22.2. The van der Waals surface area contributed by atoms with Gasteiger partial charge in [-0.2, -0.15) is 12.7 Å². The van der Waals surface area contributed by atoms with Crippen LogP contribution < -0.4 is 9.46 Å². The maximum atomic E-state index is 14.6. The van der Waals surface area contributed by atoms with Crippen molar-refractivity contribution in [3.05, 3.63) is 58.7 Å². The Hall–Kier alpha value is -3.67. The summed E-state index contributed by atoms with van der Waals surface area (Å²) in [4.78, 5) is 29.7. The third kappa shape index (κ3) is 5.98. The number of aliphatic hydroxyl groups excluding tert-OH is 1. The van der Waals surface area contributed by atoms with Crippen molar-refractivity contribution >= 4 is 39.0 Å². The SMILES string of the molecule is COc1ccc2c(c1)C=C(C(=O)N1CC(C)CC(O)C1(C)C)Cn1c-2c(C2CCCCC2)c2ccc(C(=O)NS(=O)(=O)N(C)C)cc21. The van der Waals surface area contributed by atoms with Crippen molar-refractivity contribution in [2.24, 2.45) is 5.92 Å². The Morgan fingerprint density at radius 1 is 1.06 bits per heavy atom. The number of fused-ring (bicyclic) bond motifs is 5. The van der Waals surface area contributed by atoms with Crippen LogP contribution in [-0.4, -0.2) is 78.5 Å². The summed E-state index contributed by atoms with van der Waals surface area (Å²) in [5.41, 5.74) is 4.82. The number of nitrogens with one attached hydrogen (secondary N) is 1. The quantitative estimate of drug-likeness (QED) is 0.370. The van der Waals surface area contributed by atoms with Crippen LogP contribution in [0.2, 0.25) is 0 Å². The molecular weight excluding hydrogens is 616 g/mol. The van der Waals surface area contributed by atoms with E-state index in [2.05, 4.69) is 16.2 Å². The van der Waals surface area contributed by atoms with Gasteiger partial charge in [-0.25, -0.2) is 4.72 Å². The fourth-order valence-electron chi connectivity index (χ4n) is 7.57. The molecule has 2 N–H and O–H groups in total. The number of nitrogens with zero attached hydrogens (tertiary/aromatic N) is 3. The fraction of sp³-hybridized carbons (Fsp3) is 0.500. The Balaban J connectivity index is 1.57. The molecule has 3 aliphatic rings. The van der Waals surface area contributed by atoms with Crippen molar-refractivity contribution in [2.75, 3.05) is 27.7 Å². The number of benzene rings is 2. The molecule has 1 saturated carbocycles. The van der Waals surface area contributed by atoms with E-state index in [0.29, 0.717) is 30.2 Å². The van der Waals surface area contributed by atoms with Crippen LogP contribution in [0.3, 0.4) is 0 Å². The first-order valence-electron chi connectivity index (χ1n) is 16.5. The molecule has 2 unspecified atom stereocenters. The second-order valence-corrected chi connectivity index (χ2v) is 16.1. The fourth-order valence-corrected chi connectivity index (χ4v) is 8.10. The van der Waals surface area contributed by atoms with Crippen molar-refractivity contribution in [3.8, 4) is 17.0 Å². The zero-order chi connectivity index (χ0) is 33.8. The molecule has 3 heterocycles. The first kappa shape index (κ1) is 33.2. The maximum Gasteiger partial charge on any atom is 0.303 e. The molecule has 2 atom stereocenters. The van der Waals surface area contributed by atoms with Gasteiger partial charge >= 0.3 is 10.2 Å². The number of amides is 2. The second-order valence-electron chi connectivity index (χ2n) is 14.2. The molecule has 1 aromatic heterocycles. The summed E-state index contributed by atoms with van der Waals surface area (Å²) in [6, 6.07) is 11.3. The molecule has 1 aliphatic carbocycles. The van der Waals surface area contributed by atoms with Crippen LogP contribution in [0.15, 0.2) is 42.0 Å². The van der Waals surface area contributed by atoms with Gasteiger partial charge in [0.1, 0.15) is 5.75 Å². The number of aromatic nitrogens is 1. The second kappa shape index (κ2) is 12.4. The lowest BCUT2D eigenvalue weighted by Crippen LogP contribution is -2.60. The predicted molar refractivity (Wildman–Crippen MR) is 183 cm³/mol. The molecule has 2 fully saturated rings. The van der Waals surface area contributed by atoms with Gasteiger partial charge in [-0.3, -0.25) is 9.59 Å². The lowest BCUT2D eigenvalue weighted by molar-refractivity contribution is -0.144. The molecule has 2 aromatic carbocycles. The van der Waals surface area contributed by atoms with Crippen molar-refractivity contribution in [1.82, 2.24) is 18.5 Å². The molecule has 2 amide bonds. The number of rotatable bonds is 6. The molecule has 11 heteroatoms. The van der Waals surface area contributed by atoms with E-state index in [9.17, 15) is 23.1 Å². The van der Waals surface area contributed by atoms with Crippen LogP contribution in [0.1, 0.15) is 86.7 Å². The molecule has 0 radical (unpaired) electrons. The topological polar surface area (TPSA) is 121 Å². The highest BCUT2D eigenvalue weighted by molar-refractivity contribution is 7.87. The van der Waals surface area contributed by atoms with Gasteiger partial charge in [0.25, 0.3) is 11.8 Å². The van der Waals surface area contributed by atoms with Crippen LogP contribution in [0.5, 0.6) is 5.75 Å². The molecule has 6 rings (SSSR count). The van der Waals surface area contributed by atoms with Crippen molar-refractivity contribution in [2.45, 2.75) is 83.4 Å². The third-order valence-electron chi connectivity index (χ3n) is 10.4. The Morgan fingerprint density at radius 2 is 1.79 bits per heavy atom. The molecule has 2 aliphatic heterocycles. The average molecular weight is 663 g/mol. The Labute approximate surface area is 277 Å². The molecule has 252 valence electrons. The molecule has 47 heavy (non-hydrogen) atoms. The predicted octanol–water partition coefficient (Wildman–Crippen LogP) is 5.31. The molecule has 1 saturated heterocycles. The lowest BCUT2D eigenvalue weighted by atomic mass is 9.81. The number of likely N-dealkylation sites (tertiary alicyclic amines) is 1. The van der Waals surface area contributed by atoms with Gasteiger partial charge < -0.3 is 19.3 Å². The highest BCUT2D eigenvalue weighted by atomic mass is 32.2. The first-order valence-corrected chi connectivity index (χ1v) is 18.0. The Bertz CT molecular complexity index is 1870. The summed E-state index contributed by atoms with van der Waals surface area (Å²) in [6.07, 6.45) is 7.44. The summed E-state index contributed by atoms with van der Waals surface area (Å²) in [6.45, 7) is 6.66. The number of methoxy groups -OCH3 is 1. The van der Waals surface area contributed by atoms with E-state index >= 15 is 0 Å². The third-order valence-corrected chi connectivity index (χ3v) is 11.8. The van der Waals surface area contributed by atoms with Gasteiger partial charge in [0, 0.05) is 48.2 Å². The van der Waals surface area contributed by atoms with Gasteiger partial charge in [0.15, 0.2) is 0 Å². The van der Waals surface area contributed by atoms with E-state index in [4.69, 9.17) is 4.74 Å². The minimum atomic E-state index is -4.00. The monoisotopic (exact) mass is 662 g/mol. The average Bonchev–Trinajstić information content (AvgIpc) is 3.24. The number of piperidine rings is 1. The summed E-state index contributed by atoms with van der Waals surface area (Å²) in [7, 11) is 0.356. The van der Waals surface area contributed by atoms with E-state index in [1.165, 1.54) is 26.1 Å². The van der Waals surface area contributed by atoms with Crippen LogP contribution in [0.4, 0.5) is 0 Å². The number of aliphatic hydroxyl groups is 1. The summed E-state index contributed by atoms with van der Waals surface area (Å²) in [5.74, 6) is 0.244. The molecule has 3 aromatic rings. The number of carbonyl (C=O) groups is 2. The largest absolute Gasteiger partial charge is 0.497 e. The molecule has 0 spiro atoms. The van der Waals surface area contributed by atoms with E-state index in [0.717, 1.165) is 57.7 Å². The van der Waals surface area contributed by atoms with Gasteiger partial charge in [-0.15, -0.1) is 0 Å². The highest BCUT2D eigenvalue weighted by Gasteiger charge is 2.44. The van der Waals surface area contributed by atoms with E-state index < -0.39 is 27.8 Å². The van der Waals surface area contributed by atoms with Crippen LogP contribution in [0, 0.1) is 5.92 Å². The van der Waals surface area contributed by atoms with Gasteiger partial charge in [0.05, 0.1) is 31.0 Å². The number of ether oxygens (including phenoxy) is 1. The number of hydrogen-bond acceptors (Lipinski definition) is 6. The van der Waals surface area contributed by atoms with E-state index in [1.54, 1.807) is 24.1 Å². The Morgan fingerprint density at radius 3 is 2.47 bits per heavy atom. The molecular formula is C36H46N4O6S. The van der Waals surface area contributed by atoms with Crippen LogP contribution in [0.25, 0.3) is 28.2 Å². The zero-order valence-electron chi connectivity index (χ0n) is 28.2. The molecule has 10 nitrogen and oxygen atoms in total.